The zero-order valence-electron chi connectivity index (χ0n) is 16.6. The normalized spacial score (nSPS) is 10.6. The number of pyridine rings is 1. The molecule has 4 rings (SSSR count). The van der Waals surface area contributed by atoms with Gasteiger partial charge < -0.3 is 15.4 Å². The second-order valence-corrected chi connectivity index (χ2v) is 8.46. The maximum Gasteiger partial charge on any atom is 0.257 e. The minimum Gasteiger partial charge on any atom is -0.495 e. The average Bonchev–Trinajstić information content (AvgIpc) is 3.34. The number of aryl methyl sites for hydroxylation is 2. The lowest BCUT2D eigenvalue weighted by atomic mass is 10.2. The molecule has 0 radical (unpaired) electrons. The van der Waals surface area contributed by atoms with Crippen molar-refractivity contribution in [1.29, 1.82) is 0 Å². The molecule has 2 N–H and O–H groups in total. The van der Waals surface area contributed by atoms with Crippen LogP contribution in [0.2, 0.25) is 0 Å². The van der Waals surface area contributed by atoms with Crippen LogP contribution in [-0.2, 0) is 0 Å². The number of aromatic nitrogens is 3. The van der Waals surface area contributed by atoms with Gasteiger partial charge in [-0.15, -0.1) is 22.7 Å². The number of benzene rings is 1. The van der Waals surface area contributed by atoms with Crippen molar-refractivity contribution in [3.05, 3.63) is 64.2 Å². The Labute approximate surface area is 181 Å². The van der Waals surface area contributed by atoms with Crippen molar-refractivity contribution in [2.45, 2.75) is 13.8 Å². The predicted octanol–water partition coefficient (Wildman–Crippen LogP) is 5.28. The number of nitrogens with one attached hydrogen (secondary N) is 2. The van der Waals surface area contributed by atoms with Crippen LogP contribution in [0.5, 0.6) is 5.75 Å². The fourth-order valence-electron chi connectivity index (χ4n) is 2.86. The molecule has 1 amide bonds. The van der Waals surface area contributed by atoms with Crippen LogP contribution in [0.1, 0.15) is 21.1 Å². The zero-order chi connectivity index (χ0) is 21.1. The summed E-state index contributed by atoms with van der Waals surface area (Å²) in [4.78, 5) is 27.0. The van der Waals surface area contributed by atoms with Gasteiger partial charge in [0.2, 0.25) is 0 Å². The predicted molar refractivity (Wildman–Crippen MR) is 121 cm³/mol. The van der Waals surface area contributed by atoms with Crippen LogP contribution in [0.25, 0.3) is 10.6 Å². The molecule has 30 heavy (non-hydrogen) atoms. The van der Waals surface area contributed by atoms with Gasteiger partial charge in [-0.2, -0.15) is 0 Å². The number of amides is 1. The highest BCUT2D eigenvalue weighted by Gasteiger charge is 2.13. The van der Waals surface area contributed by atoms with E-state index in [0.29, 0.717) is 22.8 Å². The summed E-state index contributed by atoms with van der Waals surface area (Å²) in [6.45, 7) is 3.98. The second-order valence-electron chi connectivity index (χ2n) is 6.40. The summed E-state index contributed by atoms with van der Waals surface area (Å²) >= 11 is 3.13. The summed E-state index contributed by atoms with van der Waals surface area (Å²) in [5, 5.41) is 9.77. The molecule has 0 bridgehead atoms. The van der Waals surface area contributed by atoms with Gasteiger partial charge in [-0.1, -0.05) is 12.1 Å². The number of nitrogens with zero attached hydrogens (tertiary/aromatic N) is 3. The van der Waals surface area contributed by atoms with Gasteiger partial charge in [0.05, 0.1) is 39.6 Å². The lowest BCUT2D eigenvalue weighted by molar-refractivity contribution is 0.102. The summed E-state index contributed by atoms with van der Waals surface area (Å²) in [7, 11) is 1.56. The SMILES string of the molecule is COc1ccccc1NC(=O)c1ccc(Nc2nc(-c3sc(C)nc3C)cs2)nc1. The van der Waals surface area contributed by atoms with Gasteiger partial charge in [0.15, 0.2) is 5.13 Å². The van der Waals surface area contributed by atoms with E-state index >= 15 is 0 Å². The topological polar surface area (TPSA) is 89.0 Å². The smallest absolute Gasteiger partial charge is 0.257 e. The molecule has 0 atom stereocenters. The van der Waals surface area contributed by atoms with Crippen molar-refractivity contribution in [3.8, 4) is 16.3 Å². The first-order valence-corrected chi connectivity index (χ1v) is 10.8. The lowest BCUT2D eigenvalue weighted by Crippen LogP contribution is -2.13. The molecular formula is C21H19N5O2S2. The number of para-hydroxylation sites is 2. The quantitative estimate of drug-likeness (QED) is 0.426. The molecule has 4 aromatic rings. The third-order valence-electron chi connectivity index (χ3n) is 4.26. The molecule has 3 aromatic heterocycles. The number of hydrogen-bond donors (Lipinski definition) is 2. The Balaban J connectivity index is 1.44. The van der Waals surface area contributed by atoms with E-state index in [0.717, 1.165) is 26.4 Å². The number of carbonyl (C=O) groups is 1. The van der Waals surface area contributed by atoms with Crippen molar-refractivity contribution in [2.24, 2.45) is 0 Å². The van der Waals surface area contributed by atoms with Crippen LogP contribution < -0.4 is 15.4 Å². The number of thiazole rings is 2. The van der Waals surface area contributed by atoms with Crippen LogP contribution in [0.15, 0.2) is 48.0 Å². The van der Waals surface area contributed by atoms with Gasteiger partial charge >= 0.3 is 0 Å². The standard InChI is InChI=1S/C21H19N5O2S2/c1-12-19(30-13(2)23-12)16-11-29-21(25-16)26-18-9-8-14(10-22-18)20(27)24-15-6-4-5-7-17(15)28-3/h4-11H,1-3H3,(H,24,27)(H,22,25,26). The number of rotatable bonds is 6. The van der Waals surface area contributed by atoms with Crippen molar-refractivity contribution in [2.75, 3.05) is 17.7 Å². The van der Waals surface area contributed by atoms with E-state index in [2.05, 4.69) is 25.6 Å². The minimum atomic E-state index is -0.258. The van der Waals surface area contributed by atoms with Crippen molar-refractivity contribution in [3.63, 3.8) is 0 Å². The Morgan fingerprint density at radius 3 is 2.63 bits per heavy atom. The van der Waals surface area contributed by atoms with Crippen LogP contribution >= 0.6 is 22.7 Å². The Hall–Kier alpha value is -3.30. The maximum atomic E-state index is 12.5. The molecule has 7 nitrogen and oxygen atoms in total. The Morgan fingerprint density at radius 2 is 1.93 bits per heavy atom. The number of hydrogen-bond acceptors (Lipinski definition) is 8. The highest BCUT2D eigenvalue weighted by molar-refractivity contribution is 7.16. The first-order valence-electron chi connectivity index (χ1n) is 9.11. The fourth-order valence-corrected chi connectivity index (χ4v) is 4.52. The molecule has 0 fully saturated rings. The molecule has 0 spiro atoms. The number of carbonyl (C=O) groups excluding carboxylic acids is 1. The molecule has 0 aliphatic carbocycles. The average molecular weight is 438 g/mol. The molecule has 0 aliphatic heterocycles. The maximum absolute atomic E-state index is 12.5. The molecule has 0 aliphatic rings. The van der Waals surface area contributed by atoms with E-state index in [1.807, 2.05) is 31.4 Å². The van der Waals surface area contributed by atoms with Crippen LogP contribution in [0.4, 0.5) is 16.6 Å². The highest BCUT2D eigenvalue weighted by atomic mass is 32.1. The van der Waals surface area contributed by atoms with Crippen molar-refractivity contribution in [1.82, 2.24) is 15.0 Å². The van der Waals surface area contributed by atoms with E-state index in [1.54, 1.807) is 42.7 Å². The second kappa shape index (κ2) is 8.60. The van der Waals surface area contributed by atoms with E-state index < -0.39 is 0 Å². The molecule has 0 saturated heterocycles. The van der Waals surface area contributed by atoms with Gasteiger partial charge in [-0.05, 0) is 38.1 Å². The highest BCUT2D eigenvalue weighted by Crippen LogP contribution is 2.32. The van der Waals surface area contributed by atoms with E-state index in [-0.39, 0.29) is 5.91 Å². The summed E-state index contributed by atoms with van der Waals surface area (Å²) in [5.74, 6) is 0.955. The molecule has 9 heteroatoms. The third kappa shape index (κ3) is 4.32. The van der Waals surface area contributed by atoms with E-state index in [4.69, 9.17) is 4.74 Å². The minimum absolute atomic E-state index is 0.258. The lowest BCUT2D eigenvalue weighted by Gasteiger charge is -2.10. The zero-order valence-corrected chi connectivity index (χ0v) is 18.2. The molecule has 0 saturated carbocycles. The van der Waals surface area contributed by atoms with Gasteiger partial charge in [-0.25, -0.2) is 15.0 Å². The fraction of sp³-hybridized carbons (Fsp3) is 0.143. The molecular weight excluding hydrogens is 418 g/mol. The van der Waals surface area contributed by atoms with Gasteiger partial charge in [0.25, 0.3) is 5.91 Å². The summed E-state index contributed by atoms with van der Waals surface area (Å²) in [5.41, 5.74) is 2.94. The first kappa shape index (κ1) is 20.0. The molecule has 152 valence electrons. The Kier molecular flexibility index (Phi) is 5.73. The van der Waals surface area contributed by atoms with Crippen LogP contribution in [0, 0.1) is 13.8 Å². The first-order chi connectivity index (χ1) is 14.5. The Morgan fingerprint density at radius 1 is 1.10 bits per heavy atom. The van der Waals surface area contributed by atoms with E-state index in [9.17, 15) is 4.79 Å². The number of anilines is 3. The number of methoxy groups -OCH3 is 1. The van der Waals surface area contributed by atoms with Crippen molar-refractivity contribution >= 4 is 45.2 Å². The molecule has 1 aromatic carbocycles. The third-order valence-corrected chi connectivity index (χ3v) is 6.11. The van der Waals surface area contributed by atoms with Gasteiger partial charge in [0, 0.05) is 11.6 Å². The van der Waals surface area contributed by atoms with Crippen molar-refractivity contribution < 1.29 is 9.53 Å². The Bertz CT molecular complexity index is 1180. The van der Waals surface area contributed by atoms with E-state index in [1.165, 1.54) is 17.5 Å². The van der Waals surface area contributed by atoms with Crippen LogP contribution in [0.3, 0.4) is 0 Å². The number of ether oxygens (including phenoxy) is 1. The summed E-state index contributed by atoms with van der Waals surface area (Å²) in [6.07, 6.45) is 1.53. The largest absolute Gasteiger partial charge is 0.495 e. The van der Waals surface area contributed by atoms with Crippen LogP contribution in [-0.4, -0.2) is 28.0 Å². The van der Waals surface area contributed by atoms with Gasteiger partial charge in [0.1, 0.15) is 11.6 Å². The summed E-state index contributed by atoms with van der Waals surface area (Å²) in [6, 6.07) is 10.7. The van der Waals surface area contributed by atoms with Gasteiger partial charge in [-0.3, -0.25) is 4.79 Å². The molecule has 3 heterocycles. The summed E-state index contributed by atoms with van der Waals surface area (Å²) < 4.78 is 5.26. The molecule has 0 unspecified atom stereocenters. The monoisotopic (exact) mass is 437 g/mol.